The van der Waals surface area contributed by atoms with E-state index in [1.165, 1.54) is 26.4 Å². The van der Waals surface area contributed by atoms with Gasteiger partial charge < -0.3 is 4.98 Å². The Morgan fingerprint density at radius 3 is 2.56 bits per heavy atom. The summed E-state index contributed by atoms with van der Waals surface area (Å²) in [6, 6.07) is 16.7. The largest absolute Gasteiger partial charge is 0.358 e. The van der Waals surface area contributed by atoms with E-state index in [0.29, 0.717) is 0 Å². The van der Waals surface area contributed by atoms with Gasteiger partial charge in [-0.3, -0.25) is 0 Å². The minimum atomic E-state index is 1.14. The molecule has 1 N–H and O–H groups in total. The van der Waals surface area contributed by atoms with E-state index in [0.717, 1.165) is 4.47 Å². The number of halogens is 1. The first-order valence-corrected chi connectivity index (χ1v) is 7.36. The highest BCUT2D eigenvalue weighted by molar-refractivity contribution is 9.10. The molecule has 0 fully saturated rings. The number of H-pyrrole nitrogens is 1. The molecule has 0 amide bonds. The van der Waals surface area contributed by atoms with Crippen LogP contribution in [-0.4, -0.2) is 4.98 Å². The maximum Gasteiger partial charge on any atom is 0.0479 e. The van der Waals surface area contributed by atoms with Gasteiger partial charge in [0.25, 0.3) is 0 Å². The van der Waals surface area contributed by atoms with Crippen molar-refractivity contribution in [3.63, 3.8) is 0 Å². The summed E-state index contributed by atoms with van der Waals surface area (Å²) in [4.78, 5) is 5.99. The number of hydrogen-bond donors (Lipinski definition) is 1. The van der Waals surface area contributed by atoms with E-state index in [1.54, 1.807) is 11.8 Å². The molecule has 3 aromatic rings. The minimum Gasteiger partial charge on any atom is -0.358 e. The van der Waals surface area contributed by atoms with Crippen LogP contribution >= 0.6 is 27.7 Å². The summed E-state index contributed by atoms with van der Waals surface area (Å²) in [5.41, 5.74) is 2.39. The summed E-state index contributed by atoms with van der Waals surface area (Å²) >= 11 is 5.44. The van der Waals surface area contributed by atoms with Crippen molar-refractivity contribution < 1.29 is 0 Å². The van der Waals surface area contributed by atoms with Crippen LogP contribution in [0.1, 0.15) is 5.69 Å². The van der Waals surface area contributed by atoms with Gasteiger partial charge in [-0.2, -0.15) is 0 Å². The Hall–Kier alpha value is -1.19. The average Bonchev–Trinajstić information content (AvgIpc) is 2.69. The molecule has 1 nitrogen and oxygen atoms in total. The van der Waals surface area contributed by atoms with Crippen molar-refractivity contribution in [2.24, 2.45) is 0 Å². The molecule has 0 aliphatic carbocycles. The van der Waals surface area contributed by atoms with Crippen LogP contribution in [0.25, 0.3) is 10.9 Å². The van der Waals surface area contributed by atoms with Crippen LogP contribution in [-0.2, 0) is 0 Å². The number of nitrogens with one attached hydrogen (secondary N) is 1. The molecule has 0 saturated heterocycles. The van der Waals surface area contributed by atoms with Gasteiger partial charge in [-0.15, -0.1) is 0 Å². The first kappa shape index (κ1) is 11.9. The van der Waals surface area contributed by atoms with Crippen LogP contribution < -0.4 is 0 Å². The number of aromatic amines is 1. The monoisotopic (exact) mass is 317 g/mol. The molecule has 0 spiro atoms. The highest BCUT2D eigenvalue weighted by Crippen LogP contribution is 2.39. The van der Waals surface area contributed by atoms with Gasteiger partial charge in [-0.1, -0.05) is 52.0 Å². The molecular formula is C15H12BrNS. The minimum absolute atomic E-state index is 1.14. The van der Waals surface area contributed by atoms with Gasteiger partial charge in [0.05, 0.1) is 0 Å². The van der Waals surface area contributed by atoms with Crippen LogP contribution in [0.15, 0.2) is 62.8 Å². The van der Waals surface area contributed by atoms with E-state index >= 15 is 0 Å². The predicted molar refractivity (Wildman–Crippen MR) is 81.3 cm³/mol. The number of aromatic nitrogens is 1. The molecule has 18 heavy (non-hydrogen) atoms. The first-order valence-electron chi connectivity index (χ1n) is 5.75. The second-order valence-electron chi connectivity index (χ2n) is 4.16. The lowest BCUT2D eigenvalue weighted by Crippen LogP contribution is -1.76. The van der Waals surface area contributed by atoms with Crippen molar-refractivity contribution >= 4 is 38.6 Å². The lowest BCUT2D eigenvalue weighted by Gasteiger charge is -2.02. The summed E-state index contributed by atoms with van der Waals surface area (Å²) in [6.45, 7) is 2.12. The fourth-order valence-corrected chi connectivity index (χ4v) is 3.79. The van der Waals surface area contributed by atoms with Crippen LogP contribution in [0.4, 0.5) is 0 Å². The number of fused-ring (bicyclic) bond motifs is 1. The summed E-state index contributed by atoms with van der Waals surface area (Å²) in [5, 5.41) is 1.27. The van der Waals surface area contributed by atoms with Gasteiger partial charge in [-0.25, -0.2) is 0 Å². The molecule has 0 radical (unpaired) electrons. The molecule has 0 atom stereocenters. The summed E-state index contributed by atoms with van der Waals surface area (Å²) in [5.74, 6) is 0. The number of aryl methyl sites for hydroxylation is 1. The van der Waals surface area contributed by atoms with E-state index in [2.05, 4.69) is 70.3 Å². The SMILES string of the molecule is Cc1[nH]c2cccc(Br)c2c1Sc1ccccc1. The summed E-state index contributed by atoms with van der Waals surface area (Å²) in [6.07, 6.45) is 0. The van der Waals surface area contributed by atoms with Crippen molar-refractivity contribution in [3.05, 3.63) is 58.7 Å². The van der Waals surface area contributed by atoms with Gasteiger partial charge in [-0.05, 0) is 31.2 Å². The molecular weight excluding hydrogens is 306 g/mol. The molecule has 0 aliphatic heterocycles. The fourth-order valence-electron chi connectivity index (χ4n) is 2.04. The normalized spacial score (nSPS) is 11.0. The van der Waals surface area contributed by atoms with E-state index in [4.69, 9.17) is 0 Å². The molecule has 0 unspecified atom stereocenters. The molecule has 0 saturated carbocycles. The van der Waals surface area contributed by atoms with Gasteiger partial charge in [0.15, 0.2) is 0 Å². The predicted octanol–water partition coefficient (Wildman–Crippen LogP) is 5.39. The second-order valence-corrected chi connectivity index (χ2v) is 6.09. The topological polar surface area (TPSA) is 15.8 Å². The van der Waals surface area contributed by atoms with Gasteiger partial charge in [0.2, 0.25) is 0 Å². The Morgan fingerprint density at radius 2 is 1.78 bits per heavy atom. The van der Waals surface area contributed by atoms with Crippen LogP contribution in [0.2, 0.25) is 0 Å². The van der Waals surface area contributed by atoms with Crippen molar-refractivity contribution in [1.82, 2.24) is 4.98 Å². The van der Waals surface area contributed by atoms with Crippen molar-refractivity contribution in [1.29, 1.82) is 0 Å². The third-order valence-electron chi connectivity index (χ3n) is 2.87. The standard InChI is InChI=1S/C15H12BrNS/c1-10-15(18-11-6-3-2-4-7-11)14-12(16)8-5-9-13(14)17-10/h2-9,17H,1H3. The smallest absolute Gasteiger partial charge is 0.0479 e. The van der Waals surface area contributed by atoms with E-state index in [1.807, 2.05) is 6.07 Å². The van der Waals surface area contributed by atoms with Crippen LogP contribution in [0, 0.1) is 6.92 Å². The van der Waals surface area contributed by atoms with E-state index in [9.17, 15) is 0 Å². The van der Waals surface area contributed by atoms with Gasteiger partial charge >= 0.3 is 0 Å². The Kier molecular flexibility index (Phi) is 3.18. The first-order chi connectivity index (χ1) is 8.75. The second kappa shape index (κ2) is 4.82. The zero-order valence-corrected chi connectivity index (χ0v) is 12.3. The van der Waals surface area contributed by atoms with Crippen LogP contribution in [0.5, 0.6) is 0 Å². The highest BCUT2D eigenvalue weighted by Gasteiger charge is 2.12. The summed E-state index contributed by atoms with van der Waals surface area (Å²) < 4.78 is 1.14. The molecule has 90 valence electrons. The number of hydrogen-bond acceptors (Lipinski definition) is 1. The van der Waals surface area contributed by atoms with E-state index in [-0.39, 0.29) is 0 Å². The molecule has 3 rings (SSSR count). The lowest BCUT2D eigenvalue weighted by molar-refractivity contribution is 1.22. The summed E-state index contributed by atoms with van der Waals surface area (Å²) in [7, 11) is 0. The maximum absolute atomic E-state index is 3.64. The number of rotatable bonds is 2. The zero-order valence-electron chi connectivity index (χ0n) is 9.91. The quantitative estimate of drug-likeness (QED) is 0.670. The zero-order chi connectivity index (χ0) is 12.5. The van der Waals surface area contributed by atoms with Crippen LogP contribution in [0.3, 0.4) is 0 Å². The van der Waals surface area contributed by atoms with Crippen molar-refractivity contribution in [2.45, 2.75) is 16.7 Å². The molecule has 1 heterocycles. The van der Waals surface area contributed by atoms with Gasteiger partial charge in [0.1, 0.15) is 0 Å². The van der Waals surface area contributed by atoms with Crippen molar-refractivity contribution in [3.8, 4) is 0 Å². The molecule has 3 heteroatoms. The maximum atomic E-state index is 3.64. The Labute approximate surface area is 119 Å². The molecule has 2 aromatic carbocycles. The third-order valence-corrected chi connectivity index (χ3v) is 4.75. The Balaban J connectivity index is 2.14. The van der Waals surface area contributed by atoms with E-state index < -0.39 is 0 Å². The fraction of sp³-hybridized carbons (Fsp3) is 0.0667. The lowest BCUT2D eigenvalue weighted by atomic mass is 10.2. The van der Waals surface area contributed by atoms with Gasteiger partial charge in [0, 0.05) is 30.9 Å². The molecule has 0 aliphatic rings. The molecule has 1 aromatic heterocycles. The van der Waals surface area contributed by atoms with Crippen molar-refractivity contribution in [2.75, 3.05) is 0 Å². The third kappa shape index (κ3) is 2.08. The average molecular weight is 318 g/mol. The highest BCUT2D eigenvalue weighted by atomic mass is 79.9. The molecule has 0 bridgehead atoms. The Bertz CT molecular complexity index is 688. The number of benzene rings is 2. The Morgan fingerprint density at radius 1 is 1.00 bits per heavy atom.